The molecule has 0 aliphatic heterocycles. The van der Waals surface area contributed by atoms with Crippen LogP contribution in [-0.4, -0.2) is 28.1 Å². The van der Waals surface area contributed by atoms with E-state index < -0.39 is 5.97 Å². The van der Waals surface area contributed by atoms with Crippen LogP contribution in [0.15, 0.2) is 59.1 Å². The molecule has 0 bridgehead atoms. The number of ketones is 1. The van der Waals surface area contributed by atoms with Crippen LogP contribution in [-0.2, 0) is 4.74 Å². The molecule has 26 heavy (non-hydrogen) atoms. The van der Waals surface area contributed by atoms with Gasteiger partial charge in [0.1, 0.15) is 5.69 Å². The van der Waals surface area contributed by atoms with Crippen molar-refractivity contribution in [2.24, 2.45) is 0 Å². The Morgan fingerprint density at radius 2 is 1.73 bits per heavy atom. The molecule has 0 atom stereocenters. The lowest BCUT2D eigenvalue weighted by Crippen LogP contribution is -2.08. The molecule has 0 saturated heterocycles. The van der Waals surface area contributed by atoms with Gasteiger partial charge in [-0.25, -0.2) is 9.48 Å². The molecule has 0 aliphatic rings. The van der Waals surface area contributed by atoms with Gasteiger partial charge >= 0.3 is 5.97 Å². The molecule has 0 radical (unpaired) electrons. The largest absolute Gasteiger partial charge is 0.461 e. The van der Waals surface area contributed by atoms with Crippen molar-refractivity contribution >= 4 is 27.7 Å². The molecular formula is C20H17BrN2O3. The molecule has 3 aromatic rings. The van der Waals surface area contributed by atoms with Gasteiger partial charge in [-0.3, -0.25) is 4.79 Å². The highest BCUT2D eigenvalue weighted by molar-refractivity contribution is 9.10. The molecule has 0 unspecified atom stereocenters. The van der Waals surface area contributed by atoms with E-state index in [0.29, 0.717) is 16.9 Å². The summed E-state index contributed by atoms with van der Waals surface area (Å²) in [5.74, 6) is -0.737. The third-order valence-corrected chi connectivity index (χ3v) is 4.35. The predicted octanol–water partition coefficient (Wildman–Crippen LogP) is 4.68. The van der Waals surface area contributed by atoms with Gasteiger partial charge in [0.2, 0.25) is 0 Å². The quantitative estimate of drug-likeness (QED) is 0.450. The minimum Gasteiger partial charge on any atom is -0.461 e. The van der Waals surface area contributed by atoms with Gasteiger partial charge in [-0.2, -0.15) is 5.10 Å². The summed E-state index contributed by atoms with van der Waals surface area (Å²) in [6, 6.07) is 16.6. The molecule has 0 amide bonds. The summed E-state index contributed by atoms with van der Waals surface area (Å²) in [5.41, 5.74) is 2.39. The van der Waals surface area contributed by atoms with Crippen LogP contribution in [0.25, 0.3) is 16.8 Å². The van der Waals surface area contributed by atoms with Crippen LogP contribution in [0.4, 0.5) is 0 Å². The van der Waals surface area contributed by atoms with Gasteiger partial charge in [-0.15, -0.1) is 0 Å². The van der Waals surface area contributed by atoms with Crippen LogP contribution < -0.4 is 0 Å². The van der Waals surface area contributed by atoms with Crippen molar-refractivity contribution in [3.8, 4) is 16.8 Å². The van der Waals surface area contributed by atoms with Gasteiger partial charge in [0.25, 0.3) is 0 Å². The van der Waals surface area contributed by atoms with Gasteiger partial charge in [0.05, 0.1) is 12.3 Å². The SMILES string of the molecule is CCOC(=O)c1nn(-c2ccc(Br)cc2)c(C(C)=O)c1-c1ccccc1. The number of nitrogens with zero attached hydrogens (tertiary/aromatic N) is 2. The lowest BCUT2D eigenvalue weighted by atomic mass is 10.0. The summed E-state index contributed by atoms with van der Waals surface area (Å²) in [6.45, 7) is 3.43. The maximum Gasteiger partial charge on any atom is 0.359 e. The fourth-order valence-electron chi connectivity index (χ4n) is 2.73. The molecule has 0 saturated carbocycles. The first-order chi connectivity index (χ1) is 12.5. The number of esters is 1. The summed E-state index contributed by atoms with van der Waals surface area (Å²) >= 11 is 3.39. The van der Waals surface area contributed by atoms with Gasteiger partial charge < -0.3 is 4.74 Å². The summed E-state index contributed by atoms with van der Waals surface area (Å²) in [7, 11) is 0. The minimum absolute atomic E-state index is 0.131. The first kappa shape index (κ1) is 18.1. The normalized spacial score (nSPS) is 10.6. The number of benzene rings is 2. The van der Waals surface area contributed by atoms with Crippen LogP contribution in [0.5, 0.6) is 0 Å². The van der Waals surface area contributed by atoms with Gasteiger partial charge in [0, 0.05) is 17.0 Å². The number of halogens is 1. The average Bonchev–Trinajstić information content (AvgIpc) is 3.04. The fourth-order valence-corrected chi connectivity index (χ4v) is 3.00. The Morgan fingerprint density at radius 1 is 1.08 bits per heavy atom. The number of hydrogen-bond acceptors (Lipinski definition) is 4. The number of aromatic nitrogens is 2. The average molecular weight is 413 g/mol. The van der Waals surface area contributed by atoms with Crippen molar-refractivity contribution in [1.29, 1.82) is 0 Å². The van der Waals surface area contributed by atoms with Crippen LogP contribution in [0.3, 0.4) is 0 Å². The zero-order valence-electron chi connectivity index (χ0n) is 14.4. The maximum atomic E-state index is 12.5. The summed E-state index contributed by atoms with van der Waals surface area (Å²) in [6.07, 6.45) is 0. The molecule has 6 heteroatoms. The van der Waals surface area contributed by atoms with Crippen LogP contribution >= 0.6 is 15.9 Å². The third-order valence-electron chi connectivity index (χ3n) is 3.82. The van der Waals surface area contributed by atoms with E-state index >= 15 is 0 Å². The second kappa shape index (κ2) is 7.66. The van der Waals surface area contributed by atoms with Gasteiger partial charge in [-0.05, 0) is 36.8 Å². The Labute approximate surface area is 159 Å². The molecule has 0 N–H and O–H groups in total. The van der Waals surface area contributed by atoms with E-state index in [9.17, 15) is 9.59 Å². The van der Waals surface area contributed by atoms with Crippen molar-refractivity contribution in [1.82, 2.24) is 9.78 Å². The van der Waals surface area contributed by atoms with Crippen molar-refractivity contribution in [2.45, 2.75) is 13.8 Å². The lowest BCUT2D eigenvalue weighted by Gasteiger charge is -2.07. The summed E-state index contributed by atoms with van der Waals surface area (Å²) in [4.78, 5) is 25.0. The maximum absolute atomic E-state index is 12.5. The molecule has 5 nitrogen and oxygen atoms in total. The number of Topliss-reactive ketones (excluding diaryl/α,β-unsaturated/α-hetero) is 1. The van der Waals surface area contributed by atoms with E-state index in [4.69, 9.17) is 4.74 Å². The number of carbonyl (C=O) groups excluding carboxylic acids is 2. The Kier molecular flexibility index (Phi) is 5.32. The van der Waals surface area contributed by atoms with Crippen LogP contribution in [0, 0.1) is 0 Å². The monoisotopic (exact) mass is 412 g/mol. The molecule has 132 valence electrons. The Morgan fingerprint density at radius 3 is 2.31 bits per heavy atom. The molecular weight excluding hydrogens is 396 g/mol. The molecule has 1 heterocycles. The Bertz CT molecular complexity index is 947. The van der Waals surface area contributed by atoms with Crippen LogP contribution in [0.1, 0.15) is 34.8 Å². The van der Waals surface area contributed by atoms with E-state index in [1.54, 1.807) is 6.92 Å². The summed E-state index contributed by atoms with van der Waals surface area (Å²) < 4.78 is 7.57. The van der Waals surface area contributed by atoms with E-state index in [-0.39, 0.29) is 18.1 Å². The molecule has 3 rings (SSSR count). The predicted molar refractivity (Wildman–Crippen MR) is 103 cm³/mol. The topological polar surface area (TPSA) is 61.2 Å². The van der Waals surface area contributed by atoms with Crippen molar-refractivity contribution in [3.05, 3.63) is 70.5 Å². The highest BCUT2D eigenvalue weighted by Crippen LogP contribution is 2.31. The Hall–Kier alpha value is -2.73. The first-order valence-corrected chi connectivity index (χ1v) is 8.94. The van der Waals surface area contributed by atoms with E-state index in [1.165, 1.54) is 11.6 Å². The second-order valence-corrected chi connectivity index (χ2v) is 6.52. The number of ether oxygens (including phenoxy) is 1. The van der Waals surface area contributed by atoms with Crippen LogP contribution in [0.2, 0.25) is 0 Å². The number of hydrogen-bond donors (Lipinski definition) is 0. The second-order valence-electron chi connectivity index (χ2n) is 5.60. The molecule has 2 aromatic carbocycles. The zero-order valence-corrected chi connectivity index (χ0v) is 16.0. The van der Waals surface area contributed by atoms with Gasteiger partial charge in [0.15, 0.2) is 11.5 Å². The van der Waals surface area contributed by atoms with Crippen molar-refractivity contribution in [2.75, 3.05) is 6.61 Å². The van der Waals surface area contributed by atoms with Gasteiger partial charge in [-0.1, -0.05) is 46.3 Å². The highest BCUT2D eigenvalue weighted by atomic mass is 79.9. The summed E-state index contributed by atoms with van der Waals surface area (Å²) in [5, 5.41) is 4.43. The van der Waals surface area contributed by atoms with Crippen molar-refractivity contribution < 1.29 is 14.3 Å². The smallest absolute Gasteiger partial charge is 0.359 e. The van der Waals surface area contributed by atoms with E-state index in [0.717, 1.165) is 10.0 Å². The molecule has 0 fully saturated rings. The van der Waals surface area contributed by atoms with E-state index in [1.807, 2.05) is 54.6 Å². The highest BCUT2D eigenvalue weighted by Gasteiger charge is 2.28. The number of carbonyl (C=O) groups is 2. The Balaban J connectivity index is 2.30. The number of rotatable bonds is 5. The first-order valence-electron chi connectivity index (χ1n) is 8.15. The molecule has 0 spiro atoms. The molecule has 0 aliphatic carbocycles. The minimum atomic E-state index is -0.551. The lowest BCUT2D eigenvalue weighted by molar-refractivity contribution is 0.0519. The standard InChI is InChI=1S/C20H17BrN2O3/c1-3-26-20(25)18-17(14-7-5-4-6-8-14)19(13(2)24)23(22-18)16-11-9-15(21)10-12-16/h4-12H,3H2,1-2H3. The zero-order chi connectivity index (χ0) is 18.7. The molecule has 1 aromatic heterocycles. The van der Waals surface area contributed by atoms with Crippen molar-refractivity contribution in [3.63, 3.8) is 0 Å². The third kappa shape index (κ3) is 3.46. The fraction of sp³-hybridized carbons (Fsp3) is 0.150. The van der Waals surface area contributed by atoms with E-state index in [2.05, 4.69) is 21.0 Å².